The van der Waals surface area contributed by atoms with E-state index in [2.05, 4.69) is 36.1 Å². The molecule has 1 unspecified atom stereocenters. The maximum absolute atomic E-state index is 12.6. The van der Waals surface area contributed by atoms with Gasteiger partial charge in [0.2, 0.25) is 5.17 Å². The van der Waals surface area contributed by atoms with Crippen molar-refractivity contribution in [2.45, 2.75) is 46.5 Å². The fourth-order valence-electron chi connectivity index (χ4n) is 3.78. The Hall–Kier alpha value is -3.59. The highest BCUT2D eigenvalue weighted by Gasteiger charge is 2.35. The molecular weight excluding hydrogens is 488 g/mol. The summed E-state index contributed by atoms with van der Waals surface area (Å²) in [6, 6.07) is 13.6. The van der Waals surface area contributed by atoms with E-state index >= 15 is 0 Å². The Morgan fingerprint density at radius 1 is 1.03 bits per heavy atom. The average Bonchev–Trinajstić information content (AvgIpc) is 3.33. The largest absolute Gasteiger partial charge is 0.490 e. The molecule has 37 heavy (non-hydrogen) atoms. The number of hydrogen-bond acceptors (Lipinski definition) is 7. The molecule has 2 aliphatic heterocycles. The first kappa shape index (κ1) is 26.5. The molecule has 2 heterocycles. The van der Waals surface area contributed by atoms with Crippen LogP contribution in [-0.4, -0.2) is 46.8 Å². The molecule has 1 N–H and O–H groups in total. The molecule has 4 rings (SSSR count). The zero-order valence-corrected chi connectivity index (χ0v) is 22.4. The molecule has 1 amide bonds. The van der Waals surface area contributed by atoms with Crippen LogP contribution < -0.4 is 14.2 Å². The van der Waals surface area contributed by atoms with Gasteiger partial charge in [-0.1, -0.05) is 39.0 Å². The van der Waals surface area contributed by atoms with Crippen molar-refractivity contribution in [3.63, 3.8) is 0 Å². The summed E-state index contributed by atoms with van der Waals surface area (Å²) in [6.45, 7) is 9.46. The quantitative estimate of drug-likeness (QED) is 0.285. The minimum absolute atomic E-state index is 0.0126. The molecular formula is C28H32N4O4S. The summed E-state index contributed by atoms with van der Waals surface area (Å²) in [7, 11) is 0. The number of carbonyl (C=O) groups is 1. The fourth-order valence-corrected chi connectivity index (χ4v) is 4.61. The summed E-state index contributed by atoms with van der Waals surface area (Å²) in [5.41, 5.74) is 2.18. The van der Waals surface area contributed by atoms with Gasteiger partial charge >= 0.3 is 0 Å². The Kier molecular flexibility index (Phi) is 8.66. The number of amidine groups is 2. The predicted molar refractivity (Wildman–Crippen MR) is 149 cm³/mol. The number of nitrogens with one attached hydrogen (secondary N) is 1. The van der Waals surface area contributed by atoms with Gasteiger partial charge in [-0.05, 0) is 78.9 Å². The number of carbonyl (C=O) groups excluding carboxylic acids is 1. The first-order valence-electron chi connectivity index (χ1n) is 12.5. The fraction of sp³-hybridized carbons (Fsp3) is 0.357. The highest BCUT2D eigenvalue weighted by molar-refractivity contribution is 8.26. The van der Waals surface area contributed by atoms with Crippen molar-refractivity contribution in [2.75, 3.05) is 19.8 Å². The van der Waals surface area contributed by atoms with Crippen molar-refractivity contribution in [3.05, 3.63) is 59.2 Å². The summed E-state index contributed by atoms with van der Waals surface area (Å²) in [6.07, 6.45) is 3.45. The zero-order chi connectivity index (χ0) is 26.4. The van der Waals surface area contributed by atoms with E-state index < -0.39 is 5.91 Å². The molecule has 0 radical (unpaired) electrons. The highest BCUT2D eigenvalue weighted by atomic mass is 32.2. The SMILES string of the molecule is CCOc1cc(/C=C2/C(=N)N3N=C(CC)SC3=NC2=O)ccc1OCCOc1ccc(C(C)CC)cc1. The van der Waals surface area contributed by atoms with Crippen LogP contribution in [0.25, 0.3) is 6.08 Å². The standard InChI is InChI=1S/C28H32N4O4S/c1-5-18(4)20-9-11-21(12-10-20)35-14-15-36-23-13-8-19(17-24(23)34-7-3)16-22-26(29)32-28(30-27(22)33)37-25(6-2)31-32/h8-13,16-18,29H,5-7,14-15H2,1-4H3/b22-16-,29-26?. The van der Waals surface area contributed by atoms with Gasteiger partial charge in [-0.25, -0.2) is 0 Å². The van der Waals surface area contributed by atoms with Crippen LogP contribution in [0.1, 0.15) is 57.6 Å². The second-order valence-electron chi connectivity index (χ2n) is 8.58. The van der Waals surface area contributed by atoms with Gasteiger partial charge in [-0.2, -0.15) is 15.1 Å². The monoisotopic (exact) mass is 520 g/mol. The first-order valence-corrected chi connectivity index (χ1v) is 13.4. The molecule has 194 valence electrons. The molecule has 0 fully saturated rings. The molecule has 8 nitrogen and oxygen atoms in total. The van der Waals surface area contributed by atoms with E-state index in [4.69, 9.17) is 19.6 Å². The van der Waals surface area contributed by atoms with Crippen molar-refractivity contribution in [3.8, 4) is 17.2 Å². The van der Waals surface area contributed by atoms with E-state index in [1.807, 2.05) is 32.0 Å². The number of benzene rings is 2. The van der Waals surface area contributed by atoms with Gasteiger partial charge in [-0.3, -0.25) is 10.2 Å². The summed E-state index contributed by atoms with van der Waals surface area (Å²) < 4.78 is 17.5. The zero-order valence-electron chi connectivity index (χ0n) is 21.6. The van der Waals surface area contributed by atoms with E-state index in [9.17, 15) is 4.79 Å². The van der Waals surface area contributed by atoms with Crippen LogP contribution in [0.5, 0.6) is 17.2 Å². The number of fused-ring (bicyclic) bond motifs is 1. The minimum Gasteiger partial charge on any atom is -0.490 e. The van der Waals surface area contributed by atoms with E-state index in [0.717, 1.165) is 23.6 Å². The van der Waals surface area contributed by atoms with Gasteiger partial charge in [0.15, 0.2) is 17.3 Å². The van der Waals surface area contributed by atoms with Crippen LogP contribution in [-0.2, 0) is 4.79 Å². The molecule has 9 heteroatoms. The molecule has 2 aromatic rings. The van der Waals surface area contributed by atoms with Gasteiger partial charge in [0, 0.05) is 0 Å². The van der Waals surface area contributed by atoms with Crippen LogP contribution >= 0.6 is 11.8 Å². The summed E-state index contributed by atoms with van der Waals surface area (Å²) >= 11 is 1.32. The average molecular weight is 521 g/mol. The van der Waals surface area contributed by atoms with Crippen molar-refractivity contribution >= 4 is 39.8 Å². The van der Waals surface area contributed by atoms with Gasteiger partial charge in [0.25, 0.3) is 5.91 Å². The number of nitrogens with zero attached hydrogens (tertiary/aromatic N) is 3. The van der Waals surface area contributed by atoms with Crippen LogP contribution in [0, 0.1) is 5.41 Å². The van der Waals surface area contributed by atoms with Crippen LogP contribution in [0.2, 0.25) is 0 Å². The maximum atomic E-state index is 12.6. The normalized spacial score (nSPS) is 16.9. The number of ether oxygens (including phenoxy) is 3. The number of hydrazone groups is 1. The minimum atomic E-state index is -0.455. The summed E-state index contributed by atoms with van der Waals surface area (Å²) in [5.74, 6) is 2.03. The van der Waals surface area contributed by atoms with Crippen molar-refractivity contribution in [2.24, 2.45) is 10.1 Å². The Bertz CT molecular complexity index is 1250. The second-order valence-corrected chi connectivity index (χ2v) is 9.62. The summed E-state index contributed by atoms with van der Waals surface area (Å²) in [4.78, 5) is 16.7. The lowest BCUT2D eigenvalue weighted by Crippen LogP contribution is -2.35. The smallest absolute Gasteiger partial charge is 0.283 e. The van der Waals surface area contributed by atoms with Gasteiger partial charge < -0.3 is 14.2 Å². The molecule has 0 bridgehead atoms. The van der Waals surface area contributed by atoms with Crippen molar-refractivity contribution in [1.82, 2.24) is 5.01 Å². The highest BCUT2D eigenvalue weighted by Crippen LogP contribution is 2.32. The van der Waals surface area contributed by atoms with Crippen LogP contribution in [0.4, 0.5) is 0 Å². The lowest BCUT2D eigenvalue weighted by Gasteiger charge is -2.20. The Balaban J connectivity index is 1.41. The predicted octanol–water partition coefficient (Wildman–Crippen LogP) is 6.09. The Labute approximate surface area is 221 Å². The van der Waals surface area contributed by atoms with Crippen molar-refractivity contribution in [1.29, 1.82) is 5.41 Å². The van der Waals surface area contributed by atoms with E-state index in [1.54, 1.807) is 18.2 Å². The lowest BCUT2D eigenvalue weighted by molar-refractivity contribution is -0.114. The maximum Gasteiger partial charge on any atom is 0.283 e. The van der Waals surface area contributed by atoms with E-state index in [0.29, 0.717) is 48.0 Å². The molecule has 2 aliphatic rings. The molecule has 2 aromatic carbocycles. The van der Waals surface area contributed by atoms with Crippen LogP contribution in [0.3, 0.4) is 0 Å². The van der Waals surface area contributed by atoms with E-state index in [1.165, 1.54) is 22.3 Å². The number of thioether (sulfide) groups is 1. The number of hydrogen-bond donors (Lipinski definition) is 1. The summed E-state index contributed by atoms with van der Waals surface area (Å²) in [5, 5.41) is 15.5. The Morgan fingerprint density at radius 3 is 2.49 bits per heavy atom. The molecule has 0 spiro atoms. The van der Waals surface area contributed by atoms with Gasteiger partial charge in [0.1, 0.15) is 24.0 Å². The van der Waals surface area contributed by atoms with Crippen LogP contribution in [0.15, 0.2) is 58.1 Å². The third-order valence-electron chi connectivity index (χ3n) is 6.05. The van der Waals surface area contributed by atoms with Gasteiger partial charge in [-0.15, -0.1) is 0 Å². The number of aliphatic imine (C=N–C) groups is 1. The molecule has 0 aliphatic carbocycles. The Morgan fingerprint density at radius 2 is 1.78 bits per heavy atom. The van der Waals surface area contributed by atoms with E-state index in [-0.39, 0.29) is 11.4 Å². The number of amides is 1. The number of rotatable bonds is 11. The molecule has 1 atom stereocenters. The molecule has 0 saturated heterocycles. The second kappa shape index (κ2) is 12.1. The molecule has 0 saturated carbocycles. The van der Waals surface area contributed by atoms with Crippen molar-refractivity contribution < 1.29 is 19.0 Å². The lowest BCUT2D eigenvalue weighted by atomic mass is 9.99. The topological polar surface area (TPSA) is 96.6 Å². The first-order chi connectivity index (χ1) is 17.9. The molecule has 0 aromatic heterocycles. The van der Waals surface area contributed by atoms with Gasteiger partial charge in [0.05, 0.1) is 12.2 Å². The third-order valence-corrected chi connectivity index (χ3v) is 7.10. The third kappa shape index (κ3) is 6.22.